The van der Waals surface area contributed by atoms with Crippen LogP contribution in [0.15, 0.2) is 18.2 Å². The Labute approximate surface area is 118 Å². The first-order valence-electron chi connectivity index (χ1n) is 6.61. The van der Waals surface area contributed by atoms with Crippen molar-refractivity contribution in [3.05, 3.63) is 29.8 Å². The van der Waals surface area contributed by atoms with E-state index >= 15 is 0 Å². The molecule has 0 saturated heterocycles. The Balaban J connectivity index is 2.41. The van der Waals surface area contributed by atoms with Gasteiger partial charge in [-0.3, -0.25) is 0 Å². The van der Waals surface area contributed by atoms with Crippen molar-refractivity contribution < 1.29 is 4.39 Å². The third-order valence-electron chi connectivity index (χ3n) is 3.19. The number of aryl methyl sites for hydroxylation is 2. The van der Waals surface area contributed by atoms with Crippen LogP contribution in [0.4, 0.5) is 4.39 Å². The summed E-state index contributed by atoms with van der Waals surface area (Å²) in [4.78, 5) is 4.56. The van der Waals surface area contributed by atoms with Crippen molar-refractivity contribution >= 4 is 22.6 Å². The molecule has 2 aromatic rings. The van der Waals surface area contributed by atoms with Crippen LogP contribution in [0.3, 0.4) is 0 Å². The maximum atomic E-state index is 13.4. The molecular formula is C15H20ClFN2. The molecule has 0 spiro atoms. The molecule has 0 aliphatic rings. The summed E-state index contributed by atoms with van der Waals surface area (Å²) in [6.07, 6.45) is 1.73. The number of hydrogen-bond donors (Lipinski definition) is 0. The maximum Gasteiger partial charge on any atom is 0.125 e. The molecule has 1 heterocycles. The van der Waals surface area contributed by atoms with E-state index in [2.05, 4.69) is 30.3 Å². The molecule has 0 fully saturated rings. The number of nitrogens with zero attached hydrogens (tertiary/aromatic N) is 2. The molecule has 0 bridgehead atoms. The fourth-order valence-electron chi connectivity index (χ4n) is 2.12. The van der Waals surface area contributed by atoms with E-state index < -0.39 is 0 Å². The minimum Gasteiger partial charge on any atom is -0.328 e. The molecule has 1 aromatic heterocycles. The van der Waals surface area contributed by atoms with Crippen molar-refractivity contribution in [1.29, 1.82) is 0 Å². The van der Waals surface area contributed by atoms with Gasteiger partial charge in [0, 0.05) is 18.8 Å². The van der Waals surface area contributed by atoms with Gasteiger partial charge in [0.05, 0.1) is 11.0 Å². The van der Waals surface area contributed by atoms with Crippen LogP contribution in [0, 0.1) is 11.2 Å². The van der Waals surface area contributed by atoms with Gasteiger partial charge in [-0.05, 0) is 30.0 Å². The van der Waals surface area contributed by atoms with E-state index in [1.807, 2.05) is 0 Å². The first kappa shape index (κ1) is 14.3. The summed E-state index contributed by atoms with van der Waals surface area (Å²) in [7, 11) is 0. The van der Waals surface area contributed by atoms with Gasteiger partial charge < -0.3 is 4.57 Å². The van der Waals surface area contributed by atoms with E-state index in [1.54, 1.807) is 12.1 Å². The molecule has 0 aliphatic heterocycles. The Morgan fingerprint density at radius 1 is 1.32 bits per heavy atom. The minimum atomic E-state index is -0.221. The van der Waals surface area contributed by atoms with Crippen LogP contribution in [-0.2, 0) is 13.0 Å². The fourth-order valence-corrected chi connectivity index (χ4v) is 2.29. The number of fused-ring (bicyclic) bond motifs is 1. The maximum absolute atomic E-state index is 13.4. The number of rotatable bonds is 4. The average molecular weight is 283 g/mol. The van der Waals surface area contributed by atoms with Crippen LogP contribution in [0.25, 0.3) is 11.0 Å². The molecule has 2 nitrogen and oxygen atoms in total. The van der Waals surface area contributed by atoms with E-state index in [9.17, 15) is 4.39 Å². The molecule has 4 heteroatoms. The summed E-state index contributed by atoms with van der Waals surface area (Å²) >= 11 is 5.83. The van der Waals surface area contributed by atoms with Crippen LogP contribution in [0.1, 0.15) is 33.0 Å². The topological polar surface area (TPSA) is 17.8 Å². The Kier molecular flexibility index (Phi) is 4.14. The number of hydrogen-bond acceptors (Lipinski definition) is 1. The van der Waals surface area contributed by atoms with Gasteiger partial charge in [-0.1, -0.05) is 20.8 Å². The third-order valence-corrected chi connectivity index (χ3v) is 3.38. The second-order valence-electron chi connectivity index (χ2n) is 6.06. The summed E-state index contributed by atoms with van der Waals surface area (Å²) in [6, 6.07) is 4.74. The van der Waals surface area contributed by atoms with Gasteiger partial charge in [0.25, 0.3) is 0 Å². The Morgan fingerprint density at radius 3 is 2.68 bits per heavy atom. The lowest BCUT2D eigenvalue weighted by atomic mass is 9.92. The van der Waals surface area contributed by atoms with Crippen molar-refractivity contribution in [3.8, 4) is 0 Å². The lowest BCUT2D eigenvalue weighted by Gasteiger charge is -2.19. The fraction of sp³-hybridized carbons (Fsp3) is 0.533. The van der Waals surface area contributed by atoms with Crippen LogP contribution in [-0.4, -0.2) is 15.4 Å². The van der Waals surface area contributed by atoms with Crippen LogP contribution < -0.4 is 0 Å². The number of aromatic nitrogens is 2. The highest BCUT2D eigenvalue weighted by molar-refractivity contribution is 6.17. The van der Waals surface area contributed by atoms with Crippen molar-refractivity contribution in [1.82, 2.24) is 9.55 Å². The van der Waals surface area contributed by atoms with Crippen LogP contribution in [0.5, 0.6) is 0 Å². The smallest absolute Gasteiger partial charge is 0.125 e. The summed E-state index contributed by atoms with van der Waals surface area (Å²) in [5.74, 6) is 1.25. The number of halogens is 2. The second kappa shape index (κ2) is 5.49. The standard InChI is InChI=1S/C15H20ClFN2/c1-15(2,3)7-9-19-13-10-11(17)4-5-12(13)18-14(19)6-8-16/h4-5,10H,6-9H2,1-3H3. The Bertz CT molecular complexity index is 569. The van der Waals surface area contributed by atoms with E-state index in [-0.39, 0.29) is 11.2 Å². The predicted molar refractivity (Wildman–Crippen MR) is 78.2 cm³/mol. The molecular weight excluding hydrogens is 263 g/mol. The molecule has 0 amide bonds. The third kappa shape index (κ3) is 3.47. The zero-order valence-electron chi connectivity index (χ0n) is 11.7. The average Bonchev–Trinajstić information content (AvgIpc) is 2.63. The number of imidazole rings is 1. The van der Waals surface area contributed by atoms with Gasteiger partial charge >= 0.3 is 0 Å². The highest BCUT2D eigenvalue weighted by atomic mass is 35.5. The monoisotopic (exact) mass is 282 g/mol. The molecule has 1 aromatic carbocycles. The quantitative estimate of drug-likeness (QED) is 0.760. The lowest BCUT2D eigenvalue weighted by Crippen LogP contribution is -2.12. The molecule has 0 unspecified atom stereocenters. The second-order valence-corrected chi connectivity index (χ2v) is 6.44. The van der Waals surface area contributed by atoms with Gasteiger partial charge in [0.2, 0.25) is 0 Å². The largest absolute Gasteiger partial charge is 0.328 e. The van der Waals surface area contributed by atoms with Crippen molar-refractivity contribution in [2.75, 3.05) is 5.88 Å². The number of alkyl halides is 1. The minimum absolute atomic E-state index is 0.221. The molecule has 104 valence electrons. The van der Waals surface area contributed by atoms with Crippen molar-refractivity contribution in [2.45, 2.75) is 40.2 Å². The number of benzene rings is 1. The Morgan fingerprint density at radius 2 is 2.05 bits per heavy atom. The first-order valence-corrected chi connectivity index (χ1v) is 7.15. The summed E-state index contributed by atoms with van der Waals surface area (Å²) in [6.45, 7) is 7.45. The normalized spacial score (nSPS) is 12.3. The molecule has 19 heavy (non-hydrogen) atoms. The van der Waals surface area contributed by atoms with E-state index in [1.165, 1.54) is 6.07 Å². The molecule has 0 aliphatic carbocycles. The van der Waals surface area contributed by atoms with Crippen LogP contribution in [0.2, 0.25) is 0 Å². The highest BCUT2D eigenvalue weighted by Gasteiger charge is 2.15. The first-order chi connectivity index (χ1) is 8.90. The van der Waals surface area contributed by atoms with Gasteiger partial charge in [-0.25, -0.2) is 9.37 Å². The van der Waals surface area contributed by atoms with E-state index in [0.717, 1.165) is 29.8 Å². The zero-order valence-corrected chi connectivity index (χ0v) is 12.5. The van der Waals surface area contributed by atoms with Crippen molar-refractivity contribution in [2.24, 2.45) is 5.41 Å². The summed E-state index contributed by atoms with van der Waals surface area (Å²) < 4.78 is 15.5. The van der Waals surface area contributed by atoms with Gasteiger partial charge in [0.15, 0.2) is 0 Å². The van der Waals surface area contributed by atoms with Gasteiger partial charge in [-0.15, -0.1) is 11.6 Å². The zero-order chi connectivity index (χ0) is 14.0. The van der Waals surface area contributed by atoms with Crippen LogP contribution >= 0.6 is 11.6 Å². The van der Waals surface area contributed by atoms with E-state index in [4.69, 9.17) is 11.6 Å². The lowest BCUT2D eigenvalue weighted by molar-refractivity contribution is 0.350. The molecule has 2 rings (SSSR count). The molecule has 0 N–H and O–H groups in total. The highest BCUT2D eigenvalue weighted by Crippen LogP contribution is 2.24. The molecule has 0 saturated carbocycles. The van der Waals surface area contributed by atoms with Gasteiger partial charge in [-0.2, -0.15) is 0 Å². The SMILES string of the molecule is CC(C)(C)CCn1c(CCCl)nc2ccc(F)cc21. The molecule has 0 atom stereocenters. The predicted octanol–water partition coefficient (Wildman–Crippen LogP) is 4.39. The summed E-state index contributed by atoms with van der Waals surface area (Å²) in [5, 5.41) is 0. The Hall–Kier alpha value is -1.09. The summed E-state index contributed by atoms with van der Waals surface area (Å²) in [5.41, 5.74) is 1.95. The van der Waals surface area contributed by atoms with E-state index in [0.29, 0.717) is 12.3 Å². The molecule has 0 radical (unpaired) electrons. The van der Waals surface area contributed by atoms with Gasteiger partial charge in [0.1, 0.15) is 11.6 Å². The van der Waals surface area contributed by atoms with Crippen molar-refractivity contribution in [3.63, 3.8) is 0 Å².